The molecule has 0 aliphatic carbocycles. The van der Waals surface area contributed by atoms with Gasteiger partial charge in [-0.2, -0.15) is 0 Å². The Morgan fingerprint density at radius 1 is 1.40 bits per heavy atom. The zero-order valence-electron chi connectivity index (χ0n) is 8.09. The van der Waals surface area contributed by atoms with Crippen LogP contribution in [-0.2, 0) is 9.59 Å². The Kier molecular flexibility index (Phi) is 2.47. The van der Waals surface area contributed by atoms with Gasteiger partial charge in [0.25, 0.3) is 5.91 Å². The summed E-state index contributed by atoms with van der Waals surface area (Å²) in [4.78, 5) is 28.3. The van der Waals surface area contributed by atoms with Crippen LogP contribution in [0.15, 0.2) is 24.4 Å². The molecule has 15 heavy (non-hydrogen) atoms. The first-order chi connectivity index (χ1) is 7.20. The number of carbonyl (C=O) groups is 2. The summed E-state index contributed by atoms with van der Waals surface area (Å²) in [5, 5.41) is 0. The van der Waals surface area contributed by atoms with Crippen LogP contribution in [0, 0.1) is 0 Å². The molecule has 0 spiro atoms. The Balaban J connectivity index is 2.34. The van der Waals surface area contributed by atoms with Crippen molar-refractivity contribution in [3.05, 3.63) is 24.4 Å². The Hall–Kier alpha value is -1.75. The molecule has 0 bridgehead atoms. The van der Waals surface area contributed by atoms with E-state index in [1.165, 1.54) is 6.20 Å². The zero-order chi connectivity index (χ0) is 10.8. The van der Waals surface area contributed by atoms with Gasteiger partial charge in [-0.25, -0.2) is 9.88 Å². The maximum Gasteiger partial charge on any atom is 0.251 e. The highest BCUT2D eigenvalue weighted by Crippen LogP contribution is 2.18. The average molecular weight is 205 g/mol. The molecule has 1 aromatic rings. The standard InChI is InChI=1S/C10H11N3O2/c11-7-4-5-9(14)13(10(7)15)8-3-1-2-6-12-8/h1-3,6-7H,4-5,11H2. The Morgan fingerprint density at radius 2 is 2.20 bits per heavy atom. The van der Waals surface area contributed by atoms with Crippen molar-refractivity contribution in [3.63, 3.8) is 0 Å². The van der Waals surface area contributed by atoms with Gasteiger partial charge in [0.05, 0.1) is 6.04 Å². The van der Waals surface area contributed by atoms with Gasteiger partial charge in [0.1, 0.15) is 5.82 Å². The second kappa shape index (κ2) is 3.78. The van der Waals surface area contributed by atoms with Gasteiger partial charge in [0.2, 0.25) is 5.91 Å². The number of nitrogens with two attached hydrogens (primary N) is 1. The summed E-state index contributed by atoms with van der Waals surface area (Å²) >= 11 is 0. The van der Waals surface area contributed by atoms with E-state index in [1.807, 2.05) is 0 Å². The normalized spacial score (nSPS) is 21.9. The van der Waals surface area contributed by atoms with Gasteiger partial charge in [-0.1, -0.05) is 6.07 Å². The fourth-order valence-corrected chi connectivity index (χ4v) is 1.53. The van der Waals surface area contributed by atoms with E-state index in [-0.39, 0.29) is 11.8 Å². The number of hydrogen-bond donors (Lipinski definition) is 1. The number of aromatic nitrogens is 1. The first-order valence-corrected chi connectivity index (χ1v) is 4.73. The highest BCUT2D eigenvalue weighted by Gasteiger charge is 2.33. The molecule has 2 heterocycles. The molecule has 2 amide bonds. The lowest BCUT2D eigenvalue weighted by Gasteiger charge is -2.27. The summed E-state index contributed by atoms with van der Waals surface area (Å²) in [7, 11) is 0. The molecule has 2 N–H and O–H groups in total. The summed E-state index contributed by atoms with van der Waals surface area (Å²) < 4.78 is 0. The number of anilines is 1. The molecule has 0 aromatic carbocycles. The van der Waals surface area contributed by atoms with Crippen molar-refractivity contribution in [2.24, 2.45) is 5.73 Å². The van der Waals surface area contributed by atoms with Gasteiger partial charge in [0.15, 0.2) is 0 Å². The van der Waals surface area contributed by atoms with Gasteiger partial charge < -0.3 is 5.73 Å². The van der Waals surface area contributed by atoms with Crippen LogP contribution >= 0.6 is 0 Å². The lowest BCUT2D eigenvalue weighted by molar-refractivity contribution is -0.130. The third-order valence-electron chi connectivity index (χ3n) is 2.33. The number of carbonyl (C=O) groups excluding carboxylic acids is 2. The van der Waals surface area contributed by atoms with Gasteiger partial charge in [-0.05, 0) is 18.6 Å². The van der Waals surface area contributed by atoms with Crippen molar-refractivity contribution in [2.75, 3.05) is 4.90 Å². The highest BCUT2D eigenvalue weighted by atomic mass is 16.2. The molecule has 0 saturated carbocycles. The molecule has 78 valence electrons. The van der Waals surface area contributed by atoms with E-state index in [2.05, 4.69) is 4.98 Å². The van der Waals surface area contributed by atoms with Gasteiger partial charge >= 0.3 is 0 Å². The minimum absolute atomic E-state index is 0.236. The number of amides is 2. The van der Waals surface area contributed by atoms with Crippen molar-refractivity contribution in [1.82, 2.24) is 4.98 Å². The van der Waals surface area contributed by atoms with Crippen molar-refractivity contribution in [1.29, 1.82) is 0 Å². The van der Waals surface area contributed by atoms with Crippen molar-refractivity contribution >= 4 is 17.6 Å². The summed E-state index contributed by atoms with van der Waals surface area (Å²) in [5.74, 6) is -0.256. The predicted octanol–water partition coefficient (Wildman–Crippen LogP) is 0.0623. The molecule has 1 aromatic heterocycles. The van der Waals surface area contributed by atoms with E-state index in [4.69, 9.17) is 5.73 Å². The molecule has 1 aliphatic heterocycles. The Bertz CT molecular complexity index is 391. The second-order valence-electron chi connectivity index (χ2n) is 3.40. The first-order valence-electron chi connectivity index (χ1n) is 4.73. The topological polar surface area (TPSA) is 76.3 Å². The number of pyridine rings is 1. The molecule has 5 heteroatoms. The quantitative estimate of drug-likeness (QED) is 0.658. The SMILES string of the molecule is NC1CCC(=O)N(c2ccccn2)C1=O. The van der Waals surface area contributed by atoms with Crippen LogP contribution in [0.25, 0.3) is 0 Å². The Morgan fingerprint density at radius 3 is 2.87 bits per heavy atom. The van der Waals surface area contributed by atoms with E-state index >= 15 is 0 Å². The fourth-order valence-electron chi connectivity index (χ4n) is 1.53. The number of hydrogen-bond acceptors (Lipinski definition) is 4. The summed E-state index contributed by atoms with van der Waals surface area (Å²) in [6.07, 6.45) is 2.25. The van der Waals surface area contributed by atoms with E-state index in [1.54, 1.807) is 18.2 Å². The Labute approximate surface area is 86.9 Å². The van der Waals surface area contributed by atoms with Crippen LogP contribution < -0.4 is 10.6 Å². The second-order valence-corrected chi connectivity index (χ2v) is 3.40. The van der Waals surface area contributed by atoms with E-state index < -0.39 is 6.04 Å². The largest absolute Gasteiger partial charge is 0.320 e. The predicted molar refractivity (Wildman–Crippen MR) is 53.9 cm³/mol. The molecular formula is C10H11N3O2. The van der Waals surface area contributed by atoms with Crippen LogP contribution in [-0.4, -0.2) is 22.8 Å². The van der Waals surface area contributed by atoms with Gasteiger partial charge in [0, 0.05) is 12.6 Å². The molecular weight excluding hydrogens is 194 g/mol. The first kappa shape index (κ1) is 9.79. The van der Waals surface area contributed by atoms with Crippen LogP contribution in [0.3, 0.4) is 0 Å². The van der Waals surface area contributed by atoms with Crippen LogP contribution in [0.5, 0.6) is 0 Å². The summed E-state index contributed by atoms with van der Waals surface area (Å²) in [6, 6.07) is 4.48. The van der Waals surface area contributed by atoms with Crippen LogP contribution in [0.2, 0.25) is 0 Å². The lowest BCUT2D eigenvalue weighted by atomic mass is 10.1. The maximum atomic E-state index is 11.7. The lowest BCUT2D eigenvalue weighted by Crippen LogP contribution is -2.51. The molecule has 1 saturated heterocycles. The number of imide groups is 1. The molecule has 0 radical (unpaired) electrons. The van der Waals surface area contributed by atoms with E-state index in [0.717, 1.165) is 4.90 Å². The molecule has 1 fully saturated rings. The van der Waals surface area contributed by atoms with Gasteiger partial charge in [-0.3, -0.25) is 9.59 Å². The minimum atomic E-state index is -0.593. The summed E-state index contributed by atoms with van der Waals surface area (Å²) in [6.45, 7) is 0. The number of nitrogens with zero attached hydrogens (tertiary/aromatic N) is 2. The number of piperidine rings is 1. The van der Waals surface area contributed by atoms with Gasteiger partial charge in [-0.15, -0.1) is 0 Å². The summed E-state index contributed by atoms with van der Waals surface area (Å²) in [5.41, 5.74) is 5.60. The highest BCUT2D eigenvalue weighted by molar-refractivity contribution is 6.17. The average Bonchev–Trinajstić information content (AvgIpc) is 2.26. The van der Waals surface area contributed by atoms with E-state index in [0.29, 0.717) is 18.7 Å². The smallest absolute Gasteiger partial charge is 0.251 e. The molecule has 1 atom stereocenters. The monoisotopic (exact) mass is 205 g/mol. The number of rotatable bonds is 1. The molecule has 5 nitrogen and oxygen atoms in total. The van der Waals surface area contributed by atoms with Crippen molar-refractivity contribution in [2.45, 2.75) is 18.9 Å². The fraction of sp³-hybridized carbons (Fsp3) is 0.300. The third-order valence-corrected chi connectivity index (χ3v) is 2.33. The van der Waals surface area contributed by atoms with Crippen LogP contribution in [0.1, 0.15) is 12.8 Å². The van der Waals surface area contributed by atoms with E-state index in [9.17, 15) is 9.59 Å². The third kappa shape index (κ3) is 1.73. The van der Waals surface area contributed by atoms with Crippen molar-refractivity contribution in [3.8, 4) is 0 Å². The van der Waals surface area contributed by atoms with Crippen LogP contribution in [0.4, 0.5) is 5.82 Å². The van der Waals surface area contributed by atoms with Crippen molar-refractivity contribution < 1.29 is 9.59 Å². The molecule has 2 rings (SSSR count). The maximum absolute atomic E-state index is 11.7. The zero-order valence-corrected chi connectivity index (χ0v) is 8.09. The molecule has 1 unspecified atom stereocenters. The minimum Gasteiger partial charge on any atom is -0.320 e. The molecule has 1 aliphatic rings.